The zero-order chi connectivity index (χ0) is 8.97. The summed E-state index contributed by atoms with van der Waals surface area (Å²) in [6.45, 7) is 1.62. The van der Waals surface area contributed by atoms with Crippen molar-refractivity contribution in [2.45, 2.75) is 13.3 Å². The van der Waals surface area contributed by atoms with Gasteiger partial charge < -0.3 is 0 Å². The van der Waals surface area contributed by atoms with Gasteiger partial charge in [0, 0.05) is 9.99 Å². The number of carbonyl (C=O) groups excluding carboxylic acids is 1. The van der Waals surface area contributed by atoms with Crippen molar-refractivity contribution in [1.29, 1.82) is 0 Å². The molecule has 1 aromatic carbocycles. The molecule has 0 saturated carbocycles. The minimum Gasteiger partial charge on any atom is -0.295 e. The van der Waals surface area contributed by atoms with Crippen LogP contribution in [0.25, 0.3) is 0 Å². The summed E-state index contributed by atoms with van der Waals surface area (Å²) in [4.78, 5) is 11.1. The Morgan fingerprint density at radius 1 is 1.42 bits per heavy atom. The number of aryl methyl sites for hydroxylation is 1. The summed E-state index contributed by atoms with van der Waals surface area (Å²) in [7, 11) is 0. The maximum Gasteiger partial charge on any atom is 0.160 e. The van der Waals surface area contributed by atoms with Gasteiger partial charge in [-0.2, -0.15) is 0 Å². The Labute approximate surface area is 86.3 Å². The maximum absolute atomic E-state index is 11.1. The molecule has 1 aromatic rings. The lowest BCUT2D eigenvalue weighted by atomic mass is 10.0. The van der Waals surface area contributed by atoms with Crippen molar-refractivity contribution < 1.29 is 4.79 Å². The fraction of sp³-hybridized carbons (Fsp3) is 0.300. The van der Waals surface area contributed by atoms with Crippen LogP contribution in [0.15, 0.2) is 24.3 Å². The highest BCUT2D eigenvalue weighted by Gasteiger charge is 2.04. The normalized spacial score (nSPS) is 9.83. The highest BCUT2D eigenvalue weighted by molar-refractivity contribution is 14.1. The van der Waals surface area contributed by atoms with Crippen LogP contribution in [0.3, 0.4) is 0 Å². The third-order valence-electron chi connectivity index (χ3n) is 1.76. The Morgan fingerprint density at radius 2 is 2.08 bits per heavy atom. The minimum atomic E-state index is 0.162. The lowest BCUT2D eigenvalue weighted by Gasteiger charge is -2.03. The van der Waals surface area contributed by atoms with E-state index in [1.54, 1.807) is 6.92 Å². The molecule has 0 aromatic heterocycles. The first-order chi connectivity index (χ1) is 5.75. The number of benzene rings is 1. The average molecular weight is 274 g/mol. The van der Waals surface area contributed by atoms with Crippen molar-refractivity contribution in [3.05, 3.63) is 35.4 Å². The zero-order valence-electron chi connectivity index (χ0n) is 7.01. The van der Waals surface area contributed by atoms with Crippen LogP contribution < -0.4 is 0 Å². The number of Topliss-reactive ketones (excluding diaryl/α,β-unsaturated/α-hetero) is 1. The van der Waals surface area contributed by atoms with E-state index in [1.165, 1.54) is 5.56 Å². The summed E-state index contributed by atoms with van der Waals surface area (Å²) in [5.41, 5.74) is 2.04. The molecule has 0 atom stereocenters. The number of hydrogen-bond acceptors (Lipinski definition) is 1. The Balaban J connectivity index is 3.00. The summed E-state index contributed by atoms with van der Waals surface area (Å²) in [6.07, 6.45) is 0.982. The fourth-order valence-electron chi connectivity index (χ4n) is 1.18. The Bertz CT molecular complexity index is 281. The van der Waals surface area contributed by atoms with Crippen molar-refractivity contribution >= 4 is 28.4 Å². The zero-order valence-corrected chi connectivity index (χ0v) is 9.17. The van der Waals surface area contributed by atoms with Gasteiger partial charge in [0.25, 0.3) is 0 Å². The highest BCUT2D eigenvalue weighted by Crippen LogP contribution is 2.10. The molecule has 0 aliphatic heterocycles. The van der Waals surface area contributed by atoms with E-state index in [1.807, 2.05) is 24.3 Å². The standard InChI is InChI=1S/C10H11IO/c1-8(12)10-5-3-2-4-9(10)6-7-11/h2-5H,6-7H2,1H3. The second-order valence-corrected chi connectivity index (χ2v) is 3.73. The molecular weight excluding hydrogens is 263 g/mol. The number of ketones is 1. The molecule has 0 fully saturated rings. The van der Waals surface area contributed by atoms with Gasteiger partial charge in [0.15, 0.2) is 5.78 Å². The van der Waals surface area contributed by atoms with Gasteiger partial charge in [-0.25, -0.2) is 0 Å². The lowest BCUT2D eigenvalue weighted by molar-refractivity contribution is 0.101. The molecule has 12 heavy (non-hydrogen) atoms. The molecule has 0 heterocycles. The smallest absolute Gasteiger partial charge is 0.160 e. The van der Waals surface area contributed by atoms with Crippen LogP contribution in [0.4, 0.5) is 0 Å². The predicted octanol–water partition coefficient (Wildman–Crippen LogP) is 2.87. The van der Waals surface area contributed by atoms with Crippen molar-refractivity contribution in [3.8, 4) is 0 Å². The van der Waals surface area contributed by atoms with Crippen molar-refractivity contribution in [1.82, 2.24) is 0 Å². The molecule has 0 bridgehead atoms. The van der Waals surface area contributed by atoms with Gasteiger partial charge in [-0.1, -0.05) is 46.9 Å². The largest absolute Gasteiger partial charge is 0.295 e. The van der Waals surface area contributed by atoms with Crippen LogP contribution >= 0.6 is 22.6 Å². The van der Waals surface area contributed by atoms with Gasteiger partial charge in [0.05, 0.1) is 0 Å². The highest BCUT2D eigenvalue weighted by atomic mass is 127. The molecule has 0 aliphatic rings. The molecule has 0 spiro atoms. The molecule has 0 radical (unpaired) electrons. The van der Waals surface area contributed by atoms with Crippen LogP contribution in [0, 0.1) is 0 Å². The van der Waals surface area contributed by atoms with E-state index in [0.717, 1.165) is 16.4 Å². The van der Waals surface area contributed by atoms with Gasteiger partial charge in [-0.3, -0.25) is 4.79 Å². The second-order valence-electron chi connectivity index (χ2n) is 2.65. The van der Waals surface area contributed by atoms with Crippen LogP contribution in [-0.4, -0.2) is 10.2 Å². The van der Waals surface area contributed by atoms with E-state index in [4.69, 9.17) is 0 Å². The summed E-state index contributed by atoms with van der Waals surface area (Å²) in [6, 6.07) is 7.81. The van der Waals surface area contributed by atoms with Gasteiger partial charge in [-0.05, 0) is 18.9 Å². The molecule has 2 heteroatoms. The quantitative estimate of drug-likeness (QED) is 0.470. The number of hydrogen-bond donors (Lipinski definition) is 0. The van der Waals surface area contributed by atoms with Gasteiger partial charge in [-0.15, -0.1) is 0 Å². The van der Waals surface area contributed by atoms with Crippen molar-refractivity contribution in [2.24, 2.45) is 0 Å². The van der Waals surface area contributed by atoms with Crippen LogP contribution in [0.1, 0.15) is 22.8 Å². The minimum absolute atomic E-state index is 0.162. The fourth-order valence-corrected chi connectivity index (χ4v) is 1.76. The molecule has 1 nitrogen and oxygen atoms in total. The van der Waals surface area contributed by atoms with Gasteiger partial charge in [0.2, 0.25) is 0 Å². The van der Waals surface area contributed by atoms with E-state index < -0.39 is 0 Å². The molecule has 64 valence electrons. The number of rotatable bonds is 3. The van der Waals surface area contributed by atoms with E-state index in [2.05, 4.69) is 22.6 Å². The van der Waals surface area contributed by atoms with Gasteiger partial charge >= 0.3 is 0 Å². The first kappa shape index (κ1) is 9.71. The predicted molar refractivity (Wildman–Crippen MR) is 59.0 cm³/mol. The average Bonchev–Trinajstić information content (AvgIpc) is 2.05. The number of carbonyl (C=O) groups is 1. The summed E-state index contributed by atoms with van der Waals surface area (Å²) >= 11 is 2.32. The van der Waals surface area contributed by atoms with E-state index in [-0.39, 0.29) is 5.78 Å². The SMILES string of the molecule is CC(=O)c1ccccc1CCI. The van der Waals surface area contributed by atoms with E-state index >= 15 is 0 Å². The molecule has 0 saturated heterocycles. The van der Waals surface area contributed by atoms with Crippen LogP contribution in [0.5, 0.6) is 0 Å². The Kier molecular flexibility index (Phi) is 3.72. The molecule has 0 N–H and O–H groups in total. The summed E-state index contributed by atoms with van der Waals surface area (Å²) in [5, 5.41) is 0. The first-order valence-electron chi connectivity index (χ1n) is 3.90. The number of halogens is 1. The molecular formula is C10H11IO. The molecule has 0 aliphatic carbocycles. The Morgan fingerprint density at radius 3 is 2.67 bits per heavy atom. The van der Waals surface area contributed by atoms with Gasteiger partial charge in [0.1, 0.15) is 0 Å². The van der Waals surface area contributed by atoms with Crippen molar-refractivity contribution in [3.63, 3.8) is 0 Å². The Hall–Kier alpha value is -0.380. The summed E-state index contributed by atoms with van der Waals surface area (Å²) in [5.74, 6) is 0.162. The second kappa shape index (κ2) is 4.60. The van der Waals surface area contributed by atoms with Crippen LogP contribution in [-0.2, 0) is 6.42 Å². The van der Waals surface area contributed by atoms with Crippen LogP contribution in [0.2, 0.25) is 0 Å². The lowest BCUT2D eigenvalue weighted by Crippen LogP contribution is -1.99. The molecule has 1 rings (SSSR count). The van der Waals surface area contributed by atoms with Crippen molar-refractivity contribution in [2.75, 3.05) is 4.43 Å². The summed E-state index contributed by atoms with van der Waals surface area (Å²) < 4.78 is 1.06. The third kappa shape index (κ3) is 2.30. The number of alkyl halides is 1. The topological polar surface area (TPSA) is 17.1 Å². The van der Waals surface area contributed by atoms with E-state index in [0.29, 0.717) is 0 Å². The monoisotopic (exact) mass is 274 g/mol. The maximum atomic E-state index is 11.1. The third-order valence-corrected chi connectivity index (χ3v) is 2.30. The molecule has 0 unspecified atom stereocenters. The first-order valence-corrected chi connectivity index (χ1v) is 5.43. The molecule has 0 amide bonds. The van der Waals surface area contributed by atoms with E-state index in [9.17, 15) is 4.79 Å².